The quantitative estimate of drug-likeness (QED) is 0.676. The number of carboxylic acid groups (broad SMARTS) is 1. The predicted octanol–water partition coefficient (Wildman–Crippen LogP) is 5.02. The fourth-order valence-corrected chi connectivity index (χ4v) is 3.67. The van der Waals surface area contributed by atoms with Gasteiger partial charge in [-0.05, 0) is 36.1 Å². The Bertz CT molecular complexity index is 945. The van der Waals surface area contributed by atoms with Gasteiger partial charge in [0.1, 0.15) is 5.75 Å². The fourth-order valence-electron chi connectivity index (χ4n) is 2.78. The van der Waals surface area contributed by atoms with Crippen LogP contribution in [-0.2, 0) is 11.2 Å². The monoisotopic (exact) mass is 393 g/mol. The van der Waals surface area contributed by atoms with Crippen LogP contribution in [0.25, 0.3) is 10.9 Å². The standard InChI is InChI=1S/C17H14ClNO4S.C2H6/c1-9-10(7-16(20)21)11-6-14(23-2)12(18)8-13(11)19(9)17(22)15-4-3-5-24-15;1-2/h3-6,8H,7H2,1-2H3,(H,20,21);1-2H3. The minimum atomic E-state index is -0.963. The highest BCUT2D eigenvalue weighted by Crippen LogP contribution is 2.35. The van der Waals surface area contributed by atoms with Gasteiger partial charge in [0, 0.05) is 11.1 Å². The maximum absolute atomic E-state index is 12.9. The van der Waals surface area contributed by atoms with Crippen molar-refractivity contribution in [3.8, 4) is 5.75 Å². The van der Waals surface area contributed by atoms with Crippen molar-refractivity contribution in [2.45, 2.75) is 27.2 Å². The zero-order chi connectivity index (χ0) is 19.4. The summed E-state index contributed by atoms with van der Waals surface area (Å²) < 4.78 is 6.74. The second-order valence-corrected chi connectivity index (χ2v) is 6.61. The number of rotatable bonds is 4. The van der Waals surface area contributed by atoms with Crippen LogP contribution in [0.5, 0.6) is 5.75 Å². The van der Waals surface area contributed by atoms with E-state index in [4.69, 9.17) is 16.3 Å². The van der Waals surface area contributed by atoms with Gasteiger partial charge in [-0.25, -0.2) is 0 Å². The summed E-state index contributed by atoms with van der Waals surface area (Å²) in [6, 6.07) is 6.86. The Morgan fingerprint density at radius 3 is 2.54 bits per heavy atom. The van der Waals surface area contributed by atoms with Crippen LogP contribution in [0.1, 0.15) is 34.8 Å². The average molecular weight is 394 g/mol. The number of benzene rings is 1. The van der Waals surface area contributed by atoms with Crippen molar-refractivity contribution < 1.29 is 19.4 Å². The number of hydrogen-bond donors (Lipinski definition) is 1. The zero-order valence-corrected chi connectivity index (χ0v) is 16.6. The maximum Gasteiger partial charge on any atom is 0.307 e. The molecule has 3 rings (SSSR count). The largest absolute Gasteiger partial charge is 0.495 e. The molecular formula is C19H20ClNO4S. The maximum atomic E-state index is 12.9. The SMILES string of the molecule is CC.COc1cc2c(CC(=O)O)c(C)n(C(=O)c3cccs3)c2cc1Cl. The number of carbonyl (C=O) groups excluding carboxylic acids is 1. The van der Waals surface area contributed by atoms with E-state index >= 15 is 0 Å². The van der Waals surface area contributed by atoms with Crippen molar-refractivity contribution >= 4 is 45.7 Å². The smallest absolute Gasteiger partial charge is 0.307 e. The zero-order valence-electron chi connectivity index (χ0n) is 15.0. The number of fused-ring (bicyclic) bond motifs is 1. The van der Waals surface area contributed by atoms with Crippen LogP contribution < -0.4 is 4.74 Å². The number of halogens is 1. The van der Waals surface area contributed by atoms with Crippen molar-refractivity contribution in [3.05, 3.63) is 50.8 Å². The number of carboxylic acids is 1. The van der Waals surface area contributed by atoms with E-state index in [1.54, 1.807) is 31.2 Å². The Labute approximate surface area is 160 Å². The van der Waals surface area contributed by atoms with Gasteiger partial charge < -0.3 is 9.84 Å². The summed E-state index contributed by atoms with van der Waals surface area (Å²) in [5.41, 5.74) is 1.75. The van der Waals surface area contributed by atoms with Crippen molar-refractivity contribution in [2.75, 3.05) is 7.11 Å². The van der Waals surface area contributed by atoms with Crippen LogP contribution in [0.15, 0.2) is 29.6 Å². The predicted molar refractivity (Wildman–Crippen MR) is 105 cm³/mol. The summed E-state index contributed by atoms with van der Waals surface area (Å²) in [5, 5.41) is 12.1. The minimum absolute atomic E-state index is 0.183. The number of carbonyl (C=O) groups is 2. The van der Waals surface area contributed by atoms with Crippen LogP contribution >= 0.6 is 22.9 Å². The molecule has 138 valence electrons. The first kappa shape index (κ1) is 20.0. The molecule has 2 aromatic heterocycles. The molecule has 3 aromatic rings. The summed E-state index contributed by atoms with van der Waals surface area (Å²) in [6.45, 7) is 5.74. The Morgan fingerprint density at radius 2 is 2.00 bits per heavy atom. The van der Waals surface area contributed by atoms with Gasteiger partial charge in [-0.15, -0.1) is 11.3 Å². The molecule has 0 amide bonds. The molecule has 0 saturated carbocycles. The van der Waals surface area contributed by atoms with E-state index in [0.717, 1.165) is 0 Å². The average Bonchev–Trinajstić information content (AvgIpc) is 3.23. The lowest BCUT2D eigenvalue weighted by molar-refractivity contribution is -0.136. The molecule has 0 bridgehead atoms. The van der Waals surface area contributed by atoms with Gasteiger partial charge in [-0.2, -0.15) is 0 Å². The van der Waals surface area contributed by atoms with E-state index in [1.807, 2.05) is 19.2 Å². The lowest BCUT2D eigenvalue weighted by Gasteiger charge is -2.07. The molecule has 1 aromatic carbocycles. The van der Waals surface area contributed by atoms with Gasteiger partial charge in [0.05, 0.1) is 28.9 Å². The highest BCUT2D eigenvalue weighted by atomic mass is 35.5. The number of aliphatic carboxylic acids is 1. The molecule has 2 heterocycles. The molecule has 5 nitrogen and oxygen atoms in total. The molecule has 0 saturated heterocycles. The topological polar surface area (TPSA) is 68.5 Å². The van der Waals surface area contributed by atoms with Gasteiger partial charge in [0.25, 0.3) is 5.91 Å². The lowest BCUT2D eigenvalue weighted by atomic mass is 10.1. The molecule has 0 aliphatic rings. The van der Waals surface area contributed by atoms with E-state index < -0.39 is 5.97 Å². The third-order valence-electron chi connectivity index (χ3n) is 3.87. The molecule has 7 heteroatoms. The number of aromatic nitrogens is 1. The molecule has 0 aliphatic heterocycles. The highest BCUT2D eigenvalue weighted by Gasteiger charge is 2.23. The Morgan fingerprint density at radius 1 is 1.31 bits per heavy atom. The molecule has 0 unspecified atom stereocenters. The van der Waals surface area contributed by atoms with Crippen LogP contribution in [0.2, 0.25) is 5.02 Å². The fraction of sp³-hybridized carbons (Fsp3) is 0.263. The molecular weight excluding hydrogens is 374 g/mol. The second-order valence-electron chi connectivity index (χ2n) is 5.26. The lowest BCUT2D eigenvalue weighted by Crippen LogP contribution is -2.12. The molecule has 0 spiro atoms. The van der Waals surface area contributed by atoms with Crippen LogP contribution in [0.3, 0.4) is 0 Å². The van der Waals surface area contributed by atoms with E-state index in [9.17, 15) is 14.7 Å². The molecule has 0 aliphatic carbocycles. The van der Waals surface area contributed by atoms with Crippen LogP contribution in [0.4, 0.5) is 0 Å². The first-order valence-corrected chi connectivity index (χ1v) is 9.37. The summed E-state index contributed by atoms with van der Waals surface area (Å²) in [6.07, 6.45) is -0.183. The molecule has 26 heavy (non-hydrogen) atoms. The Kier molecular flexibility index (Phi) is 6.45. The summed E-state index contributed by atoms with van der Waals surface area (Å²) >= 11 is 7.54. The van der Waals surface area contributed by atoms with Crippen LogP contribution in [-0.4, -0.2) is 28.7 Å². The van der Waals surface area contributed by atoms with Crippen molar-refractivity contribution in [1.82, 2.24) is 4.57 Å². The normalized spacial score (nSPS) is 10.3. The third-order valence-corrected chi connectivity index (χ3v) is 5.02. The van der Waals surface area contributed by atoms with Gasteiger partial charge in [0.15, 0.2) is 0 Å². The Balaban J connectivity index is 0.00000117. The second kappa shape index (κ2) is 8.38. The van der Waals surface area contributed by atoms with Crippen molar-refractivity contribution in [3.63, 3.8) is 0 Å². The van der Waals surface area contributed by atoms with Gasteiger partial charge in [-0.1, -0.05) is 31.5 Å². The van der Waals surface area contributed by atoms with Crippen LogP contribution in [0, 0.1) is 6.92 Å². The molecule has 1 N–H and O–H groups in total. The van der Waals surface area contributed by atoms with Crippen molar-refractivity contribution in [1.29, 1.82) is 0 Å². The summed E-state index contributed by atoms with van der Waals surface area (Å²) in [7, 11) is 1.49. The number of nitrogens with zero attached hydrogens (tertiary/aromatic N) is 1. The van der Waals surface area contributed by atoms with Crippen molar-refractivity contribution in [2.24, 2.45) is 0 Å². The molecule has 0 radical (unpaired) electrons. The van der Waals surface area contributed by atoms with Gasteiger partial charge >= 0.3 is 5.97 Å². The van der Waals surface area contributed by atoms with E-state index in [1.165, 1.54) is 23.0 Å². The highest BCUT2D eigenvalue weighted by molar-refractivity contribution is 7.12. The number of methoxy groups -OCH3 is 1. The molecule has 0 fully saturated rings. The van der Waals surface area contributed by atoms with E-state index in [0.29, 0.717) is 37.8 Å². The number of thiophene rings is 1. The van der Waals surface area contributed by atoms with E-state index in [2.05, 4.69) is 0 Å². The number of ether oxygens (including phenoxy) is 1. The van der Waals surface area contributed by atoms with Gasteiger partial charge in [0.2, 0.25) is 0 Å². The summed E-state index contributed by atoms with van der Waals surface area (Å²) in [4.78, 5) is 24.7. The van der Waals surface area contributed by atoms with E-state index in [-0.39, 0.29) is 12.3 Å². The number of hydrogen-bond acceptors (Lipinski definition) is 4. The third kappa shape index (κ3) is 3.61. The summed E-state index contributed by atoms with van der Waals surface area (Å²) in [5.74, 6) is -0.725. The first-order valence-electron chi connectivity index (χ1n) is 8.11. The Hall–Kier alpha value is -2.31. The molecule has 0 atom stereocenters. The minimum Gasteiger partial charge on any atom is -0.495 e. The van der Waals surface area contributed by atoms with Gasteiger partial charge in [-0.3, -0.25) is 14.2 Å². The first-order chi connectivity index (χ1) is 12.4.